The van der Waals surface area contributed by atoms with Crippen LogP contribution in [-0.2, 0) is 6.54 Å². The van der Waals surface area contributed by atoms with Gasteiger partial charge < -0.3 is 10.0 Å². The third-order valence-corrected chi connectivity index (χ3v) is 2.79. The standard InChI is InChI=1S/C14H15N3O2/c1-10-7-13(12(8-16-10)14(18)19)17(2)9-11-5-3-4-6-15-11/h3-8H,9H2,1-2H3,(H,18,19). The topological polar surface area (TPSA) is 66.3 Å². The van der Waals surface area contributed by atoms with E-state index in [9.17, 15) is 9.90 Å². The van der Waals surface area contributed by atoms with Crippen molar-refractivity contribution in [3.8, 4) is 0 Å². The molecule has 2 rings (SSSR count). The Morgan fingerprint density at radius 2 is 2.16 bits per heavy atom. The van der Waals surface area contributed by atoms with Crippen LogP contribution in [0.15, 0.2) is 36.7 Å². The Kier molecular flexibility index (Phi) is 3.75. The molecule has 0 aliphatic carbocycles. The first-order valence-electron chi connectivity index (χ1n) is 5.89. The summed E-state index contributed by atoms with van der Waals surface area (Å²) in [6, 6.07) is 7.44. The summed E-state index contributed by atoms with van der Waals surface area (Å²) in [7, 11) is 1.84. The van der Waals surface area contributed by atoms with Gasteiger partial charge in [-0.3, -0.25) is 9.97 Å². The molecule has 0 fully saturated rings. The third-order valence-electron chi connectivity index (χ3n) is 2.79. The van der Waals surface area contributed by atoms with Crippen LogP contribution in [0.1, 0.15) is 21.7 Å². The van der Waals surface area contributed by atoms with Gasteiger partial charge in [0.05, 0.1) is 17.9 Å². The van der Waals surface area contributed by atoms with Crippen molar-refractivity contribution in [3.63, 3.8) is 0 Å². The van der Waals surface area contributed by atoms with Crippen molar-refractivity contribution in [1.82, 2.24) is 9.97 Å². The van der Waals surface area contributed by atoms with E-state index in [1.807, 2.05) is 37.1 Å². The van der Waals surface area contributed by atoms with Crippen molar-refractivity contribution in [2.75, 3.05) is 11.9 Å². The number of hydrogen-bond acceptors (Lipinski definition) is 4. The van der Waals surface area contributed by atoms with Gasteiger partial charge in [0, 0.05) is 25.1 Å². The summed E-state index contributed by atoms with van der Waals surface area (Å²) in [6.07, 6.45) is 3.11. The minimum Gasteiger partial charge on any atom is -0.478 e. The Bertz CT molecular complexity index is 584. The molecule has 0 aromatic carbocycles. The highest BCUT2D eigenvalue weighted by molar-refractivity contribution is 5.94. The summed E-state index contributed by atoms with van der Waals surface area (Å²) >= 11 is 0. The van der Waals surface area contributed by atoms with Gasteiger partial charge in [-0.15, -0.1) is 0 Å². The van der Waals surface area contributed by atoms with E-state index in [4.69, 9.17) is 0 Å². The first-order chi connectivity index (χ1) is 9.08. The van der Waals surface area contributed by atoms with Crippen molar-refractivity contribution in [3.05, 3.63) is 53.6 Å². The van der Waals surface area contributed by atoms with Crippen LogP contribution in [0, 0.1) is 6.92 Å². The van der Waals surface area contributed by atoms with Crippen molar-refractivity contribution in [1.29, 1.82) is 0 Å². The lowest BCUT2D eigenvalue weighted by Crippen LogP contribution is -2.20. The molecule has 0 aliphatic rings. The predicted octanol–water partition coefficient (Wildman–Crippen LogP) is 2.12. The average molecular weight is 257 g/mol. The maximum Gasteiger partial charge on any atom is 0.339 e. The highest BCUT2D eigenvalue weighted by atomic mass is 16.4. The number of carboxylic acid groups (broad SMARTS) is 1. The quantitative estimate of drug-likeness (QED) is 0.908. The van der Waals surface area contributed by atoms with Gasteiger partial charge >= 0.3 is 5.97 Å². The molecule has 1 N–H and O–H groups in total. The molecule has 0 aliphatic heterocycles. The van der Waals surface area contributed by atoms with E-state index in [0.29, 0.717) is 12.2 Å². The number of aryl methyl sites for hydroxylation is 1. The molecule has 0 atom stereocenters. The minimum atomic E-state index is -0.977. The summed E-state index contributed by atoms with van der Waals surface area (Å²) in [5.41, 5.74) is 2.51. The number of aromatic nitrogens is 2. The molecule has 0 radical (unpaired) electrons. The van der Waals surface area contributed by atoms with Gasteiger partial charge in [-0.1, -0.05) is 6.07 Å². The van der Waals surface area contributed by atoms with E-state index in [0.717, 1.165) is 11.4 Å². The van der Waals surface area contributed by atoms with Gasteiger partial charge in [0.15, 0.2) is 0 Å². The molecule has 0 unspecified atom stereocenters. The SMILES string of the molecule is Cc1cc(N(C)Cc2ccccn2)c(C(=O)O)cn1. The first-order valence-corrected chi connectivity index (χ1v) is 5.89. The molecule has 0 saturated carbocycles. The van der Waals surface area contributed by atoms with Gasteiger partial charge in [0.1, 0.15) is 5.56 Å². The fourth-order valence-electron chi connectivity index (χ4n) is 1.85. The average Bonchev–Trinajstić information content (AvgIpc) is 2.39. The fourth-order valence-corrected chi connectivity index (χ4v) is 1.85. The highest BCUT2D eigenvalue weighted by Crippen LogP contribution is 2.21. The number of hydrogen-bond donors (Lipinski definition) is 1. The van der Waals surface area contributed by atoms with Crippen LogP contribution in [0.5, 0.6) is 0 Å². The first kappa shape index (κ1) is 13.0. The van der Waals surface area contributed by atoms with Gasteiger partial charge in [-0.05, 0) is 25.1 Å². The molecule has 0 amide bonds. The largest absolute Gasteiger partial charge is 0.478 e. The molecule has 2 aromatic rings. The molecule has 0 bridgehead atoms. The zero-order valence-corrected chi connectivity index (χ0v) is 10.9. The third kappa shape index (κ3) is 3.07. The van der Waals surface area contributed by atoms with Crippen LogP contribution in [0.4, 0.5) is 5.69 Å². The van der Waals surface area contributed by atoms with E-state index in [2.05, 4.69) is 9.97 Å². The van der Waals surface area contributed by atoms with Crippen molar-refractivity contribution < 1.29 is 9.90 Å². The maximum atomic E-state index is 11.2. The number of pyridine rings is 2. The minimum absolute atomic E-state index is 0.198. The highest BCUT2D eigenvalue weighted by Gasteiger charge is 2.14. The Morgan fingerprint density at radius 1 is 1.37 bits per heavy atom. The maximum absolute atomic E-state index is 11.2. The van der Waals surface area contributed by atoms with Crippen molar-refractivity contribution in [2.24, 2.45) is 0 Å². The molecule has 2 heterocycles. The lowest BCUT2D eigenvalue weighted by atomic mass is 10.2. The van der Waals surface area contributed by atoms with Crippen LogP contribution in [0.25, 0.3) is 0 Å². The number of rotatable bonds is 4. The smallest absolute Gasteiger partial charge is 0.339 e. The summed E-state index contributed by atoms with van der Waals surface area (Å²) in [4.78, 5) is 21.3. The monoisotopic (exact) mass is 257 g/mol. The molecule has 19 heavy (non-hydrogen) atoms. The summed E-state index contributed by atoms with van der Waals surface area (Å²) in [6.45, 7) is 2.38. The lowest BCUT2D eigenvalue weighted by Gasteiger charge is -2.21. The summed E-state index contributed by atoms with van der Waals surface area (Å²) < 4.78 is 0. The van der Waals surface area contributed by atoms with E-state index < -0.39 is 5.97 Å². The second-order valence-corrected chi connectivity index (χ2v) is 4.33. The van der Waals surface area contributed by atoms with Gasteiger partial charge in [-0.2, -0.15) is 0 Å². The molecule has 5 nitrogen and oxygen atoms in total. The normalized spacial score (nSPS) is 10.2. The summed E-state index contributed by atoms with van der Waals surface area (Å²) in [5, 5.41) is 9.19. The molecule has 2 aromatic heterocycles. The molecule has 5 heteroatoms. The second kappa shape index (κ2) is 5.48. The Morgan fingerprint density at radius 3 is 2.79 bits per heavy atom. The molecule has 98 valence electrons. The van der Waals surface area contributed by atoms with Crippen LogP contribution in [0.2, 0.25) is 0 Å². The van der Waals surface area contributed by atoms with Crippen LogP contribution in [-0.4, -0.2) is 28.1 Å². The Hall–Kier alpha value is -2.43. The van der Waals surface area contributed by atoms with E-state index >= 15 is 0 Å². The lowest BCUT2D eigenvalue weighted by molar-refractivity contribution is 0.0697. The number of nitrogens with zero attached hydrogens (tertiary/aromatic N) is 3. The molecule has 0 spiro atoms. The number of carboxylic acids is 1. The van der Waals surface area contributed by atoms with Crippen molar-refractivity contribution >= 4 is 11.7 Å². The van der Waals surface area contributed by atoms with E-state index in [1.54, 1.807) is 12.3 Å². The summed E-state index contributed by atoms with van der Waals surface area (Å²) in [5.74, 6) is -0.977. The zero-order valence-electron chi connectivity index (χ0n) is 10.9. The zero-order chi connectivity index (χ0) is 13.8. The van der Waals surface area contributed by atoms with Crippen LogP contribution < -0.4 is 4.90 Å². The molecular weight excluding hydrogens is 242 g/mol. The second-order valence-electron chi connectivity index (χ2n) is 4.33. The molecular formula is C14H15N3O2. The Labute approximate surface area is 111 Å². The van der Waals surface area contributed by atoms with E-state index in [1.165, 1.54) is 6.20 Å². The van der Waals surface area contributed by atoms with Crippen molar-refractivity contribution in [2.45, 2.75) is 13.5 Å². The van der Waals surface area contributed by atoms with Gasteiger partial charge in [0.25, 0.3) is 0 Å². The van der Waals surface area contributed by atoms with E-state index in [-0.39, 0.29) is 5.56 Å². The fraction of sp³-hybridized carbons (Fsp3) is 0.214. The van der Waals surface area contributed by atoms with Gasteiger partial charge in [-0.25, -0.2) is 4.79 Å². The van der Waals surface area contributed by atoms with Crippen LogP contribution in [0.3, 0.4) is 0 Å². The predicted molar refractivity (Wildman–Crippen MR) is 72.3 cm³/mol. The number of anilines is 1. The number of carbonyl (C=O) groups is 1. The molecule has 0 saturated heterocycles. The van der Waals surface area contributed by atoms with Crippen LogP contribution >= 0.6 is 0 Å². The Balaban J connectivity index is 2.30. The number of aromatic carboxylic acids is 1. The van der Waals surface area contributed by atoms with Gasteiger partial charge in [0.2, 0.25) is 0 Å².